The summed E-state index contributed by atoms with van der Waals surface area (Å²) in [6.07, 6.45) is 1.88. The number of hydrogen-bond donors (Lipinski definition) is 1. The highest BCUT2D eigenvalue weighted by Crippen LogP contribution is 2.34. The van der Waals surface area contributed by atoms with E-state index in [9.17, 15) is 9.18 Å². The number of oxazole rings is 1. The molecule has 5 nitrogen and oxygen atoms in total. The van der Waals surface area contributed by atoms with E-state index in [4.69, 9.17) is 9.52 Å². The summed E-state index contributed by atoms with van der Waals surface area (Å²) in [5, 5.41) is 10.1. The maximum Gasteiger partial charge on any atom is 0.310 e. The molecule has 0 aliphatic carbocycles. The van der Waals surface area contributed by atoms with Crippen molar-refractivity contribution in [2.45, 2.75) is 12.8 Å². The number of para-hydroxylation sites is 1. The SMILES string of the molecule is CC(C(=O)O)c1ccc2nc(-c3cn(C)c4ccccc34)oc2c1F. The zero-order chi connectivity index (χ0) is 17.7. The van der Waals surface area contributed by atoms with Crippen molar-refractivity contribution < 1.29 is 18.7 Å². The lowest BCUT2D eigenvalue weighted by Crippen LogP contribution is -2.09. The lowest BCUT2D eigenvalue weighted by atomic mass is 10.0. The van der Waals surface area contributed by atoms with E-state index in [1.165, 1.54) is 13.0 Å². The van der Waals surface area contributed by atoms with Crippen molar-refractivity contribution in [3.63, 3.8) is 0 Å². The third-order valence-electron chi connectivity index (χ3n) is 4.49. The van der Waals surface area contributed by atoms with Crippen LogP contribution in [0.15, 0.2) is 47.0 Å². The average molecular weight is 338 g/mol. The van der Waals surface area contributed by atoms with Gasteiger partial charge in [0.15, 0.2) is 11.4 Å². The van der Waals surface area contributed by atoms with Gasteiger partial charge in [0.05, 0.1) is 11.5 Å². The first kappa shape index (κ1) is 15.4. The number of fused-ring (bicyclic) bond motifs is 2. The van der Waals surface area contributed by atoms with Crippen LogP contribution < -0.4 is 0 Å². The first-order chi connectivity index (χ1) is 12.0. The Morgan fingerprint density at radius 3 is 2.80 bits per heavy atom. The predicted octanol–water partition coefficient (Wildman–Crippen LogP) is 4.31. The molecule has 4 rings (SSSR count). The van der Waals surface area contributed by atoms with Crippen molar-refractivity contribution in [1.29, 1.82) is 0 Å². The standard InChI is InChI=1S/C19H15FN2O3/c1-10(19(23)24)11-7-8-14-17(16(11)20)25-18(21-14)13-9-22(2)15-6-4-3-5-12(13)15/h3-10H,1-2H3,(H,23,24). The summed E-state index contributed by atoms with van der Waals surface area (Å²) in [7, 11) is 1.92. The molecule has 0 saturated carbocycles. The van der Waals surface area contributed by atoms with Gasteiger partial charge in [0, 0.05) is 29.7 Å². The smallest absolute Gasteiger partial charge is 0.310 e. The lowest BCUT2D eigenvalue weighted by Gasteiger charge is -2.07. The van der Waals surface area contributed by atoms with Crippen LogP contribution in [0.3, 0.4) is 0 Å². The molecule has 0 fully saturated rings. The zero-order valence-corrected chi connectivity index (χ0v) is 13.7. The monoisotopic (exact) mass is 338 g/mol. The molecule has 0 saturated heterocycles. The highest BCUT2D eigenvalue weighted by atomic mass is 19.1. The molecule has 0 bridgehead atoms. The Balaban J connectivity index is 1.92. The average Bonchev–Trinajstić information content (AvgIpc) is 3.17. The Hall–Kier alpha value is -3.15. The number of carboxylic acid groups (broad SMARTS) is 1. The molecule has 4 aromatic rings. The van der Waals surface area contributed by atoms with E-state index in [1.807, 2.05) is 42.1 Å². The van der Waals surface area contributed by atoms with Crippen molar-refractivity contribution in [2.24, 2.45) is 7.05 Å². The number of carbonyl (C=O) groups is 1. The molecule has 25 heavy (non-hydrogen) atoms. The van der Waals surface area contributed by atoms with Gasteiger partial charge >= 0.3 is 5.97 Å². The van der Waals surface area contributed by atoms with Crippen molar-refractivity contribution >= 4 is 28.0 Å². The van der Waals surface area contributed by atoms with E-state index in [-0.39, 0.29) is 11.1 Å². The molecule has 0 aliphatic heterocycles. The summed E-state index contributed by atoms with van der Waals surface area (Å²) in [4.78, 5) is 15.5. The van der Waals surface area contributed by atoms with E-state index in [2.05, 4.69) is 4.98 Å². The molecular weight excluding hydrogens is 323 g/mol. The lowest BCUT2D eigenvalue weighted by molar-refractivity contribution is -0.138. The second kappa shape index (κ2) is 5.44. The number of aromatic nitrogens is 2. The van der Waals surface area contributed by atoms with Crippen molar-refractivity contribution in [3.8, 4) is 11.5 Å². The number of nitrogens with zero attached hydrogens (tertiary/aromatic N) is 2. The van der Waals surface area contributed by atoms with Crippen LogP contribution in [0.1, 0.15) is 18.4 Å². The molecule has 2 aromatic carbocycles. The minimum absolute atomic E-state index is 0.0199. The fourth-order valence-corrected chi connectivity index (χ4v) is 3.07. The molecule has 1 unspecified atom stereocenters. The number of aryl methyl sites for hydroxylation is 1. The second-order valence-electron chi connectivity index (χ2n) is 6.07. The molecular formula is C19H15FN2O3. The van der Waals surface area contributed by atoms with Gasteiger partial charge in [-0.15, -0.1) is 0 Å². The van der Waals surface area contributed by atoms with E-state index in [1.54, 1.807) is 6.07 Å². The summed E-state index contributed by atoms with van der Waals surface area (Å²) >= 11 is 0. The van der Waals surface area contributed by atoms with Crippen molar-refractivity contribution in [1.82, 2.24) is 9.55 Å². The fourth-order valence-electron chi connectivity index (χ4n) is 3.07. The predicted molar refractivity (Wildman–Crippen MR) is 91.9 cm³/mol. The largest absolute Gasteiger partial charge is 0.481 e. The maximum absolute atomic E-state index is 14.7. The number of halogens is 1. The number of benzene rings is 2. The molecule has 126 valence electrons. The van der Waals surface area contributed by atoms with Crippen molar-refractivity contribution in [2.75, 3.05) is 0 Å². The fraction of sp³-hybridized carbons (Fsp3) is 0.158. The summed E-state index contributed by atoms with van der Waals surface area (Å²) in [6.45, 7) is 1.44. The number of carboxylic acids is 1. The number of aliphatic carboxylic acids is 1. The first-order valence-corrected chi connectivity index (χ1v) is 7.83. The van der Waals surface area contributed by atoms with Crippen LogP contribution in [0.5, 0.6) is 0 Å². The molecule has 1 atom stereocenters. The number of hydrogen-bond acceptors (Lipinski definition) is 3. The quantitative estimate of drug-likeness (QED) is 0.604. The highest BCUT2D eigenvalue weighted by Gasteiger charge is 2.23. The van der Waals surface area contributed by atoms with Crippen LogP contribution in [0.2, 0.25) is 0 Å². The van der Waals surface area contributed by atoms with E-state index >= 15 is 0 Å². The van der Waals surface area contributed by atoms with Gasteiger partial charge in [0.2, 0.25) is 5.89 Å². The Morgan fingerprint density at radius 1 is 1.28 bits per heavy atom. The Bertz CT molecular complexity index is 1130. The second-order valence-corrected chi connectivity index (χ2v) is 6.07. The minimum Gasteiger partial charge on any atom is -0.481 e. The third kappa shape index (κ3) is 2.29. The third-order valence-corrected chi connectivity index (χ3v) is 4.49. The van der Waals surface area contributed by atoms with Crippen LogP contribution in [0, 0.1) is 5.82 Å². The Kier molecular flexibility index (Phi) is 3.35. The van der Waals surface area contributed by atoms with E-state index in [0.717, 1.165) is 16.5 Å². The van der Waals surface area contributed by atoms with Crippen molar-refractivity contribution in [3.05, 3.63) is 54.0 Å². The van der Waals surface area contributed by atoms with Gasteiger partial charge < -0.3 is 14.1 Å². The minimum atomic E-state index is -1.09. The van der Waals surface area contributed by atoms with Crippen LogP contribution >= 0.6 is 0 Å². The normalized spacial score (nSPS) is 12.8. The van der Waals surface area contributed by atoms with E-state index < -0.39 is 17.7 Å². The van der Waals surface area contributed by atoms with Gasteiger partial charge in [-0.05, 0) is 19.1 Å². The molecule has 0 spiro atoms. The van der Waals surface area contributed by atoms with Gasteiger partial charge in [0.1, 0.15) is 5.52 Å². The van der Waals surface area contributed by atoms with Gasteiger partial charge in [-0.3, -0.25) is 4.79 Å². The highest BCUT2D eigenvalue weighted by molar-refractivity contribution is 5.95. The van der Waals surface area contributed by atoms with Crippen LogP contribution in [0.4, 0.5) is 4.39 Å². The van der Waals surface area contributed by atoms with Crippen LogP contribution in [-0.2, 0) is 11.8 Å². The molecule has 2 aromatic heterocycles. The summed E-state index contributed by atoms with van der Waals surface area (Å²) in [6, 6.07) is 10.8. The Labute approximate surface area is 142 Å². The molecule has 0 amide bonds. The van der Waals surface area contributed by atoms with Gasteiger partial charge in [-0.1, -0.05) is 24.3 Å². The zero-order valence-electron chi connectivity index (χ0n) is 13.7. The molecule has 0 radical (unpaired) electrons. The summed E-state index contributed by atoms with van der Waals surface area (Å²) in [5.41, 5.74) is 2.21. The molecule has 6 heteroatoms. The maximum atomic E-state index is 14.7. The van der Waals surface area contributed by atoms with Crippen LogP contribution in [-0.4, -0.2) is 20.6 Å². The van der Waals surface area contributed by atoms with Crippen LogP contribution in [0.25, 0.3) is 33.5 Å². The Morgan fingerprint density at radius 2 is 2.04 bits per heavy atom. The van der Waals surface area contributed by atoms with Gasteiger partial charge in [0.25, 0.3) is 0 Å². The van der Waals surface area contributed by atoms with Gasteiger partial charge in [-0.25, -0.2) is 9.37 Å². The molecule has 1 N–H and O–H groups in total. The first-order valence-electron chi connectivity index (χ1n) is 7.83. The topological polar surface area (TPSA) is 68.3 Å². The van der Waals surface area contributed by atoms with Gasteiger partial charge in [-0.2, -0.15) is 0 Å². The molecule has 0 aliphatic rings. The number of rotatable bonds is 3. The van der Waals surface area contributed by atoms with E-state index in [0.29, 0.717) is 11.4 Å². The molecule has 2 heterocycles. The summed E-state index contributed by atoms with van der Waals surface area (Å²) < 4.78 is 22.4. The summed E-state index contributed by atoms with van der Waals surface area (Å²) in [5.74, 6) is -2.42.